The van der Waals surface area contributed by atoms with Gasteiger partial charge in [0.15, 0.2) is 0 Å². The van der Waals surface area contributed by atoms with Gasteiger partial charge in [-0.2, -0.15) is 0 Å². The van der Waals surface area contributed by atoms with Gasteiger partial charge in [0, 0.05) is 38.8 Å². The van der Waals surface area contributed by atoms with Crippen molar-refractivity contribution in [2.75, 3.05) is 26.4 Å². The molecule has 0 unspecified atom stereocenters. The first kappa shape index (κ1) is 19.1. The maximum atomic E-state index is 13.2. The molecule has 28 heavy (non-hydrogen) atoms. The third-order valence-corrected chi connectivity index (χ3v) is 5.91. The van der Waals surface area contributed by atoms with Crippen molar-refractivity contribution >= 4 is 5.91 Å². The second-order valence-electron chi connectivity index (χ2n) is 7.86. The Balaban J connectivity index is 1.50. The molecule has 2 saturated heterocycles. The van der Waals surface area contributed by atoms with Crippen LogP contribution in [-0.4, -0.2) is 43.4 Å². The second kappa shape index (κ2) is 8.84. The highest BCUT2D eigenvalue weighted by Gasteiger charge is 2.40. The number of benzene rings is 1. The van der Waals surface area contributed by atoms with Gasteiger partial charge in [-0.25, -0.2) is 0 Å². The van der Waals surface area contributed by atoms with Crippen LogP contribution in [0.25, 0.3) is 11.1 Å². The van der Waals surface area contributed by atoms with Crippen LogP contribution in [0, 0.1) is 5.41 Å². The summed E-state index contributed by atoms with van der Waals surface area (Å²) in [4.78, 5) is 17.4. The number of pyridine rings is 1. The summed E-state index contributed by atoms with van der Waals surface area (Å²) in [6, 6.07) is 12.5. The standard InChI is InChI=1S/C23H28N2O3/c26-22(25-17-21-7-3-11-28-21)23(8-12-27-13-9-23)15-18-4-1-5-19(14-18)20-6-2-10-24-16-20/h1-2,4-6,10,14,16,21H,3,7-9,11-13,15,17H2,(H,25,26)/t21-/m0/s1. The zero-order valence-electron chi connectivity index (χ0n) is 16.2. The molecule has 0 spiro atoms. The monoisotopic (exact) mass is 380 g/mol. The lowest BCUT2D eigenvalue weighted by Gasteiger charge is -2.36. The Hall–Kier alpha value is -2.24. The number of hydrogen-bond donors (Lipinski definition) is 1. The molecule has 4 rings (SSSR count). The fourth-order valence-corrected chi connectivity index (χ4v) is 4.23. The van der Waals surface area contributed by atoms with E-state index in [4.69, 9.17) is 9.47 Å². The molecule has 2 aromatic rings. The number of amides is 1. The van der Waals surface area contributed by atoms with Crippen molar-refractivity contribution in [3.05, 3.63) is 54.4 Å². The van der Waals surface area contributed by atoms with E-state index in [1.807, 2.05) is 12.3 Å². The smallest absolute Gasteiger partial charge is 0.226 e. The number of aromatic nitrogens is 1. The molecule has 148 valence electrons. The number of carbonyl (C=O) groups excluding carboxylic acids is 1. The average Bonchev–Trinajstić information content (AvgIpc) is 3.27. The minimum atomic E-state index is -0.412. The normalized spacial score (nSPS) is 21.4. The third kappa shape index (κ3) is 4.42. The Bertz CT molecular complexity index is 781. The van der Waals surface area contributed by atoms with Crippen LogP contribution in [0.5, 0.6) is 0 Å². The Labute approximate surface area is 166 Å². The summed E-state index contributed by atoms with van der Waals surface area (Å²) in [6.07, 6.45) is 8.16. The molecule has 0 aliphatic carbocycles. The Morgan fingerprint density at radius 3 is 2.75 bits per heavy atom. The average molecular weight is 380 g/mol. The lowest BCUT2D eigenvalue weighted by molar-refractivity contribution is -0.137. The van der Waals surface area contributed by atoms with Gasteiger partial charge < -0.3 is 14.8 Å². The van der Waals surface area contributed by atoms with E-state index >= 15 is 0 Å². The predicted molar refractivity (Wildman–Crippen MR) is 108 cm³/mol. The van der Waals surface area contributed by atoms with Gasteiger partial charge in [0.1, 0.15) is 0 Å². The molecule has 3 heterocycles. The highest BCUT2D eigenvalue weighted by atomic mass is 16.5. The number of rotatable bonds is 6. The van der Waals surface area contributed by atoms with E-state index in [0.717, 1.165) is 49.8 Å². The molecule has 1 N–H and O–H groups in total. The van der Waals surface area contributed by atoms with Crippen molar-refractivity contribution in [1.29, 1.82) is 0 Å². The SMILES string of the molecule is O=C(NC[C@@H]1CCCO1)C1(Cc2cccc(-c3cccnc3)c2)CCOCC1. The number of ether oxygens (including phenoxy) is 2. The summed E-state index contributed by atoms with van der Waals surface area (Å²) in [6.45, 7) is 2.68. The summed E-state index contributed by atoms with van der Waals surface area (Å²) in [7, 11) is 0. The van der Waals surface area contributed by atoms with Crippen molar-refractivity contribution < 1.29 is 14.3 Å². The molecule has 1 aromatic carbocycles. The van der Waals surface area contributed by atoms with E-state index in [9.17, 15) is 4.79 Å². The van der Waals surface area contributed by atoms with E-state index in [1.165, 1.54) is 5.56 Å². The molecule has 0 radical (unpaired) electrons. The zero-order valence-corrected chi connectivity index (χ0v) is 16.2. The molecular weight excluding hydrogens is 352 g/mol. The number of hydrogen-bond acceptors (Lipinski definition) is 4. The van der Waals surface area contributed by atoms with Crippen molar-refractivity contribution in [3.63, 3.8) is 0 Å². The van der Waals surface area contributed by atoms with Crippen LogP contribution in [-0.2, 0) is 20.7 Å². The Morgan fingerprint density at radius 1 is 1.14 bits per heavy atom. The molecule has 0 bridgehead atoms. The van der Waals surface area contributed by atoms with Crippen molar-refractivity contribution in [1.82, 2.24) is 10.3 Å². The second-order valence-corrected chi connectivity index (χ2v) is 7.86. The van der Waals surface area contributed by atoms with Crippen LogP contribution in [0.2, 0.25) is 0 Å². The molecular formula is C23H28N2O3. The molecule has 1 atom stereocenters. The van der Waals surface area contributed by atoms with Crippen molar-refractivity contribution in [2.24, 2.45) is 5.41 Å². The van der Waals surface area contributed by atoms with Crippen LogP contribution in [0.3, 0.4) is 0 Å². The lowest BCUT2D eigenvalue weighted by Crippen LogP contribution is -2.47. The molecule has 0 saturated carbocycles. The van der Waals surface area contributed by atoms with Gasteiger partial charge >= 0.3 is 0 Å². The Morgan fingerprint density at radius 2 is 2.00 bits per heavy atom. The first-order chi connectivity index (χ1) is 13.8. The fourth-order valence-electron chi connectivity index (χ4n) is 4.23. The summed E-state index contributed by atoms with van der Waals surface area (Å²) in [5, 5.41) is 3.17. The molecule has 5 nitrogen and oxygen atoms in total. The van der Waals surface area contributed by atoms with Crippen molar-refractivity contribution in [3.8, 4) is 11.1 Å². The highest BCUT2D eigenvalue weighted by molar-refractivity contribution is 5.83. The molecule has 2 fully saturated rings. The van der Waals surface area contributed by atoms with Crippen LogP contribution in [0.15, 0.2) is 48.8 Å². The quantitative estimate of drug-likeness (QED) is 0.835. The largest absolute Gasteiger partial charge is 0.381 e. The molecule has 1 amide bonds. The van der Waals surface area contributed by atoms with Crippen molar-refractivity contribution in [2.45, 2.75) is 38.2 Å². The van der Waals surface area contributed by atoms with Gasteiger partial charge in [0.25, 0.3) is 0 Å². The van der Waals surface area contributed by atoms with Gasteiger partial charge in [0.05, 0.1) is 11.5 Å². The summed E-state index contributed by atoms with van der Waals surface area (Å²) in [5.74, 6) is 0.137. The first-order valence-electron chi connectivity index (χ1n) is 10.2. The van der Waals surface area contributed by atoms with E-state index in [1.54, 1.807) is 6.20 Å². The van der Waals surface area contributed by atoms with E-state index in [0.29, 0.717) is 19.8 Å². The third-order valence-electron chi connectivity index (χ3n) is 5.91. The van der Waals surface area contributed by atoms with Gasteiger partial charge in [-0.1, -0.05) is 30.3 Å². The highest BCUT2D eigenvalue weighted by Crippen LogP contribution is 2.35. The maximum Gasteiger partial charge on any atom is 0.226 e. The molecule has 1 aromatic heterocycles. The van der Waals surface area contributed by atoms with Crippen LogP contribution in [0.4, 0.5) is 0 Å². The Kier molecular flexibility index (Phi) is 6.03. The van der Waals surface area contributed by atoms with Gasteiger partial charge in [-0.05, 0) is 54.9 Å². The van der Waals surface area contributed by atoms with Gasteiger partial charge in [-0.15, -0.1) is 0 Å². The summed E-state index contributed by atoms with van der Waals surface area (Å²) in [5.41, 5.74) is 2.99. The molecule has 2 aliphatic rings. The van der Waals surface area contributed by atoms with Crippen LogP contribution >= 0.6 is 0 Å². The van der Waals surface area contributed by atoms with Crippen LogP contribution in [0.1, 0.15) is 31.2 Å². The van der Waals surface area contributed by atoms with Gasteiger partial charge in [0.2, 0.25) is 5.91 Å². The topological polar surface area (TPSA) is 60.5 Å². The van der Waals surface area contributed by atoms with Crippen LogP contribution < -0.4 is 5.32 Å². The first-order valence-corrected chi connectivity index (χ1v) is 10.2. The fraction of sp³-hybridized carbons (Fsp3) is 0.478. The zero-order chi connectivity index (χ0) is 19.2. The lowest BCUT2D eigenvalue weighted by atomic mass is 9.74. The summed E-state index contributed by atoms with van der Waals surface area (Å²) >= 11 is 0. The minimum absolute atomic E-state index is 0.137. The number of nitrogens with one attached hydrogen (secondary N) is 1. The summed E-state index contributed by atoms with van der Waals surface area (Å²) < 4.78 is 11.2. The number of nitrogens with zero attached hydrogens (tertiary/aromatic N) is 1. The number of carbonyl (C=O) groups is 1. The maximum absolute atomic E-state index is 13.2. The van der Waals surface area contributed by atoms with E-state index in [-0.39, 0.29) is 12.0 Å². The van der Waals surface area contributed by atoms with E-state index < -0.39 is 5.41 Å². The van der Waals surface area contributed by atoms with E-state index in [2.05, 4.69) is 40.6 Å². The molecule has 5 heteroatoms. The minimum Gasteiger partial charge on any atom is -0.381 e. The van der Waals surface area contributed by atoms with Gasteiger partial charge in [-0.3, -0.25) is 9.78 Å². The predicted octanol–water partition coefficient (Wildman–Crippen LogP) is 3.38. The molecule has 2 aliphatic heterocycles.